The Labute approximate surface area is 101 Å². The van der Waals surface area contributed by atoms with E-state index in [1.165, 1.54) is 4.88 Å². The van der Waals surface area contributed by atoms with Crippen LogP contribution in [-0.2, 0) is 4.74 Å². The van der Waals surface area contributed by atoms with E-state index in [0.717, 1.165) is 18.0 Å². The quantitative estimate of drug-likeness (QED) is 0.541. The van der Waals surface area contributed by atoms with Crippen LogP contribution in [0.4, 0.5) is 0 Å². The first kappa shape index (κ1) is 13.4. The third-order valence-corrected chi connectivity index (χ3v) is 3.29. The van der Waals surface area contributed by atoms with Gasteiger partial charge in [0.2, 0.25) is 0 Å². The van der Waals surface area contributed by atoms with Gasteiger partial charge in [-0.05, 0) is 33.0 Å². The van der Waals surface area contributed by atoms with Crippen molar-refractivity contribution in [2.24, 2.45) is 0 Å². The molecule has 3 nitrogen and oxygen atoms in total. The van der Waals surface area contributed by atoms with Crippen molar-refractivity contribution in [3.8, 4) is 0 Å². The number of Topliss-reactive ketones (excluding diaryl/α,β-unsaturated/α-hetero) is 1. The maximum absolute atomic E-state index is 11.8. The number of hydrogen-bond acceptors (Lipinski definition) is 4. The van der Waals surface area contributed by atoms with Gasteiger partial charge in [-0.25, -0.2) is 0 Å². The summed E-state index contributed by atoms with van der Waals surface area (Å²) in [6.07, 6.45) is 0. The van der Waals surface area contributed by atoms with Gasteiger partial charge in [0.15, 0.2) is 5.78 Å². The minimum absolute atomic E-state index is 0.192. The molecule has 1 aromatic rings. The largest absolute Gasteiger partial charge is 0.380 e. The van der Waals surface area contributed by atoms with Crippen molar-refractivity contribution >= 4 is 17.1 Å². The molecule has 0 aromatic carbocycles. The summed E-state index contributed by atoms with van der Waals surface area (Å²) in [5.74, 6) is 0.192. The predicted molar refractivity (Wildman–Crippen MR) is 67.4 cm³/mol. The van der Waals surface area contributed by atoms with Crippen LogP contribution in [0.15, 0.2) is 12.1 Å². The lowest BCUT2D eigenvalue weighted by atomic mass is 10.3. The number of ether oxygens (including phenoxy) is 1. The number of carbonyl (C=O) groups excluding carboxylic acids is 1. The molecular formula is C12H19NO2S. The smallest absolute Gasteiger partial charge is 0.186 e. The summed E-state index contributed by atoms with van der Waals surface area (Å²) in [5, 5.41) is 0. The maximum atomic E-state index is 11.8. The molecule has 0 radical (unpaired) electrons. The molecule has 4 heteroatoms. The zero-order valence-corrected chi connectivity index (χ0v) is 11.0. The van der Waals surface area contributed by atoms with Crippen LogP contribution in [-0.4, -0.2) is 44.0 Å². The fourth-order valence-corrected chi connectivity index (χ4v) is 2.15. The van der Waals surface area contributed by atoms with Crippen molar-refractivity contribution in [1.82, 2.24) is 4.90 Å². The number of aryl methyl sites for hydroxylation is 1. The van der Waals surface area contributed by atoms with E-state index in [9.17, 15) is 4.79 Å². The molecule has 0 unspecified atom stereocenters. The van der Waals surface area contributed by atoms with E-state index < -0.39 is 0 Å². The number of likely N-dealkylation sites (N-methyl/N-ethyl adjacent to an activating group) is 1. The number of ketones is 1. The Balaban J connectivity index is 2.33. The first-order valence-corrected chi connectivity index (χ1v) is 6.31. The van der Waals surface area contributed by atoms with Gasteiger partial charge in [-0.3, -0.25) is 9.69 Å². The van der Waals surface area contributed by atoms with Crippen molar-refractivity contribution in [3.63, 3.8) is 0 Å². The summed E-state index contributed by atoms with van der Waals surface area (Å²) in [6, 6.07) is 3.89. The lowest BCUT2D eigenvalue weighted by Crippen LogP contribution is -2.29. The molecule has 1 heterocycles. The topological polar surface area (TPSA) is 29.5 Å². The van der Waals surface area contributed by atoms with Gasteiger partial charge in [0.25, 0.3) is 0 Å². The van der Waals surface area contributed by atoms with Crippen LogP contribution >= 0.6 is 11.3 Å². The highest BCUT2D eigenvalue weighted by molar-refractivity contribution is 7.14. The Morgan fingerprint density at radius 3 is 2.81 bits per heavy atom. The van der Waals surface area contributed by atoms with Gasteiger partial charge in [-0.2, -0.15) is 0 Å². The van der Waals surface area contributed by atoms with Crippen LogP contribution in [0.25, 0.3) is 0 Å². The minimum Gasteiger partial charge on any atom is -0.380 e. The zero-order chi connectivity index (χ0) is 12.0. The summed E-state index contributed by atoms with van der Waals surface area (Å²) in [4.78, 5) is 15.9. The molecule has 0 aliphatic heterocycles. The van der Waals surface area contributed by atoms with Gasteiger partial charge in [0.05, 0.1) is 18.0 Å². The van der Waals surface area contributed by atoms with Gasteiger partial charge >= 0.3 is 0 Å². The number of hydrogen-bond donors (Lipinski definition) is 0. The molecule has 0 aliphatic carbocycles. The summed E-state index contributed by atoms with van der Waals surface area (Å²) < 4.78 is 5.25. The van der Waals surface area contributed by atoms with E-state index in [-0.39, 0.29) is 5.78 Å². The standard InChI is InChI=1S/C12H19NO2S/c1-4-15-8-7-13(3)9-11(14)12-6-5-10(2)16-12/h5-6H,4,7-9H2,1-3H3. The Morgan fingerprint density at radius 2 is 2.25 bits per heavy atom. The minimum atomic E-state index is 0.192. The summed E-state index contributed by atoms with van der Waals surface area (Å²) in [7, 11) is 1.94. The monoisotopic (exact) mass is 241 g/mol. The molecule has 90 valence electrons. The molecule has 1 aromatic heterocycles. The predicted octanol–water partition coefficient (Wildman–Crippen LogP) is 2.21. The van der Waals surface area contributed by atoms with Crippen molar-refractivity contribution < 1.29 is 9.53 Å². The van der Waals surface area contributed by atoms with Gasteiger partial charge in [0.1, 0.15) is 0 Å². The normalized spacial score (nSPS) is 11.0. The molecule has 0 fully saturated rings. The van der Waals surface area contributed by atoms with E-state index in [0.29, 0.717) is 13.2 Å². The van der Waals surface area contributed by atoms with E-state index in [1.807, 2.05) is 37.9 Å². The summed E-state index contributed by atoms with van der Waals surface area (Å²) >= 11 is 1.56. The number of rotatable bonds is 7. The molecule has 0 atom stereocenters. The summed E-state index contributed by atoms with van der Waals surface area (Å²) in [6.45, 7) is 6.66. The van der Waals surface area contributed by atoms with Crippen LogP contribution in [0.5, 0.6) is 0 Å². The molecule has 0 bridgehead atoms. The van der Waals surface area contributed by atoms with Crippen molar-refractivity contribution in [2.45, 2.75) is 13.8 Å². The molecule has 0 spiro atoms. The van der Waals surface area contributed by atoms with Crippen LogP contribution < -0.4 is 0 Å². The molecule has 0 saturated carbocycles. The third-order valence-electron chi connectivity index (χ3n) is 2.25. The third kappa shape index (κ3) is 4.43. The number of carbonyl (C=O) groups is 1. The average Bonchev–Trinajstić information content (AvgIpc) is 2.65. The molecule has 1 rings (SSSR count). The average molecular weight is 241 g/mol. The van der Waals surface area contributed by atoms with Crippen molar-refractivity contribution in [3.05, 3.63) is 21.9 Å². The Hall–Kier alpha value is -0.710. The van der Waals surface area contributed by atoms with Crippen LogP contribution in [0, 0.1) is 6.92 Å². The molecule has 0 aliphatic rings. The van der Waals surface area contributed by atoms with Crippen LogP contribution in [0.1, 0.15) is 21.5 Å². The van der Waals surface area contributed by atoms with Crippen LogP contribution in [0.2, 0.25) is 0 Å². The second-order valence-corrected chi connectivity index (χ2v) is 5.06. The van der Waals surface area contributed by atoms with Gasteiger partial charge in [-0.1, -0.05) is 0 Å². The van der Waals surface area contributed by atoms with E-state index in [4.69, 9.17) is 4.74 Å². The molecule has 0 amide bonds. The highest BCUT2D eigenvalue weighted by Crippen LogP contribution is 2.15. The van der Waals surface area contributed by atoms with Crippen LogP contribution in [0.3, 0.4) is 0 Å². The first-order chi connectivity index (χ1) is 7.63. The zero-order valence-electron chi connectivity index (χ0n) is 10.2. The van der Waals surface area contributed by atoms with Crippen molar-refractivity contribution in [2.75, 3.05) is 33.4 Å². The molecule has 0 N–H and O–H groups in total. The fourth-order valence-electron chi connectivity index (χ4n) is 1.35. The molecular weight excluding hydrogens is 222 g/mol. The van der Waals surface area contributed by atoms with E-state index >= 15 is 0 Å². The second-order valence-electron chi connectivity index (χ2n) is 3.77. The molecule has 16 heavy (non-hydrogen) atoms. The van der Waals surface area contributed by atoms with E-state index in [1.54, 1.807) is 11.3 Å². The maximum Gasteiger partial charge on any atom is 0.186 e. The first-order valence-electron chi connectivity index (χ1n) is 5.49. The summed E-state index contributed by atoms with van der Waals surface area (Å²) in [5.41, 5.74) is 0. The SMILES string of the molecule is CCOCCN(C)CC(=O)c1ccc(C)s1. The fraction of sp³-hybridized carbons (Fsp3) is 0.583. The van der Waals surface area contributed by atoms with E-state index in [2.05, 4.69) is 0 Å². The van der Waals surface area contributed by atoms with Gasteiger partial charge in [-0.15, -0.1) is 11.3 Å². The van der Waals surface area contributed by atoms with Gasteiger partial charge in [0, 0.05) is 18.0 Å². The Bertz CT molecular complexity index is 336. The van der Waals surface area contributed by atoms with Crippen molar-refractivity contribution in [1.29, 1.82) is 0 Å². The number of thiophene rings is 1. The molecule has 0 saturated heterocycles. The second kappa shape index (κ2) is 6.78. The highest BCUT2D eigenvalue weighted by atomic mass is 32.1. The lowest BCUT2D eigenvalue weighted by Gasteiger charge is -2.14. The highest BCUT2D eigenvalue weighted by Gasteiger charge is 2.10. The Kier molecular flexibility index (Phi) is 5.66. The lowest BCUT2D eigenvalue weighted by molar-refractivity contribution is 0.0900. The van der Waals surface area contributed by atoms with Gasteiger partial charge < -0.3 is 4.74 Å². The number of nitrogens with zero attached hydrogens (tertiary/aromatic N) is 1. The Morgan fingerprint density at radius 1 is 1.50 bits per heavy atom.